The molecule has 116 valence electrons. The van der Waals surface area contributed by atoms with E-state index in [2.05, 4.69) is 34.0 Å². The molecule has 0 atom stereocenters. The standard InChI is InChI=1S/C18H16N2O2S/c1-2-20-16(13-6-4-3-5-7-13)12-23-18(20)19-15-10-8-14(9-11-15)17(21)22/h3-12H,2H2,1H3,(H,21,22). The zero-order chi connectivity index (χ0) is 16.2. The Morgan fingerprint density at radius 1 is 1.13 bits per heavy atom. The number of carboxylic acids is 1. The number of hydrogen-bond donors (Lipinski definition) is 1. The van der Waals surface area contributed by atoms with E-state index in [1.54, 1.807) is 35.6 Å². The second-order valence-electron chi connectivity index (χ2n) is 4.98. The van der Waals surface area contributed by atoms with Gasteiger partial charge in [0.2, 0.25) is 0 Å². The number of carboxylic acid groups (broad SMARTS) is 1. The van der Waals surface area contributed by atoms with Crippen LogP contribution in [0.2, 0.25) is 0 Å². The summed E-state index contributed by atoms with van der Waals surface area (Å²) in [7, 11) is 0. The van der Waals surface area contributed by atoms with E-state index < -0.39 is 5.97 Å². The molecule has 0 spiro atoms. The van der Waals surface area contributed by atoms with E-state index in [4.69, 9.17) is 5.11 Å². The first-order valence-corrected chi connectivity index (χ1v) is 8.19. The van der Waals surface area contributed by atoms with Gasteiger partial charge in [-0.1, -0.05) is 30.3 Å². The van der Waals surface area contributed by atoms with Gasteiger partial charge >= 0.3 is 5.97 Å². The maximum Gasteiger partial charge on any atom is 0.335 e. The maximum absolute atomic E-state index is 10.9. The van der Waals surface area contributed by atoms with Crippen LogP contribution in [-0.4, -0.2) is 15.6 Å². The predicted molar refractivity (Wildman–Crippen MR) is 92.0 cm³/mol. The summed E-state index contributed by atoms with van der Waals surface area (Å²) in [6.07, 6.45) is 0. The molecular formula is C18H16N2O2S. The highest BCUT2D eigenvalue weighted by Crippen LogP contribution is 2.20. The molecule has 0 bridgehead atoms. The molecule has 4 nitrogen and oxygen atoms in total. The molecule has 0 unspecified atom stereocenters. The molecule has 0 aliphatic carbocycles. The Balaban J connectivity index is 2.03. The molecule has 0 radical (unpaired) electrons. The van der Waals surface area contributed by atoms with Gasteiger partial charge in [-0.3, -0.25) is 0 Å². The topological polar surface area (TPSA) is 54.6 Å². The second kappa shape index (κ2) is 6.62. The van der Waals surface area contributed by atoms with Crippen LogP contribution in [0.5, 0.6) is 0 Å². The lowest BCUT2D eigenvalue weighted by Gasteiger charge is -2.05. The number of nitrogens with zero attached hydrogens (tertiary/aromatic N) is 2. The van der Waals surface area contributed by atoms with E-state index in [1.165, 1.54) is 0 Å². The first-order chi connectivity index (χ1) is 11.2. The van der Waals surface area contributed by atoms with E-state index in [0.29, 0.717) is 0 Å². The fourth-order valence-electron chi connectivity index (χ4n) is 2.35. The van der Waals surface area contributed by atoms with Crippen LogP contribution in [0.1, 0.15) is 17.3 Å². The zero-order valence-corrected chi connectivity index (χ0v) is 13.5. The summed E-state index contributed by atoms with van der Waals surface area (Å²) in [4.78, 5) is 16.4. The van der Waals surface area contributed by atoms with E-state index in [0.717, 1.165) is 28.3 Å². The fourth-order valence-corrected chi connectivity index (χ4v) is 3.35. The van der Waals surface area contributed by atoms with Gasteiger partial charge in [0.1, 0.15) is 0 Å². The smallest absolute Gasteiger partial charge is 0.335 e. The summed E-state index contributed by atoms with van der Waals surface area (Å²) < 4.78 is 2.16. The maximum atomic E-state index is 10.9. The number of thiazole rings is 1. The highest BCUT2D eigenvalue weighted by atomic mass is 32.1. The Hall–Kier alpha value is -2.66. The molecule has 0 saturated carbocycles. The molecule has 3 aromatic rings. The van der Waals surface area contributed by atoms with Crippen molar-refractivity contribution in [2.45, 2.75) is 13.5 Å². The van der Waals surface area contributed by atoms with Crippen LogP contribution in [0, 0.1) is 0 Å². The van der Waals surface area contributed by atoms with Gasteiger partial charge in [-0.05, 0) is 36.8 Å². The minimum atomic E-state index is -0.928. The Morgan fingerprint density at radius 3 is 2.43 bits per heavy atom. The number of benzene rings is 2. The summed E-state index contributed by atoms with van der Waals surface area (Å²) in [6.45, 7) is 2.91. The summed E-state index contributed by atoms with van der Waals surface area (Å²) in [5.41, 5.74) is 3.31. The predicted octanol–water partition coefficient (Wildman–Crippen LogP) is 4.17. The minimum Gasteiger partial charge on any atom is -0.478 e. The fraction of sp³-hybridized carbons (Fsp3) is 0.111. The van der Waals surface area contributed by atoms with Crippen molar-refractivity contribution in [2.24, 2.45) is 4.99 Å². The first kappa shape index (κ1) is 15.2. The molecule has 0 fully saturated rings. The van der Waals surface area contributed by atoms with Gasteiger partial charge in [0.25, 0.3) is 0 Å². The van der Waals surface area contributed by atoms with Crippen LogP contribution in [0.3, 0.4) is 0 Å². The van der Waals surface area contributed by atoms with E-state index >= 15 is 0 Å². The highest BCUT2D eigenvalue weighted by Gasteiger charge is 2.06. The van der Waals surface area contributed by atoms with Crippen LogP contribution >= 0.6 is 11.3 Å². The van der Waals surface area contributed by atoms with Gasteiger partial charge in [0.05, 0.1) is 16.9 Å². The van der Waals surface area contributed by atoms with Gasteiger partial charge < -0.3 is 9.67 Å². The zero-order valence-electron chi connectivity index (χ0n) is 12.6. The van der Waals surface area contributed by atoms with Crippen molar-refractivity contribution in [3.05, 3.63) is 70.3 Å². The van der Waals surface area contributed by atoms with Crippen molar-refractivity contribution in [1.82, 2.24) is 4.57 Å². The van der Waals surface area contributed by atoms with Gasteiger partial charge in [-0.25, -0.2) is 9.79 Å². The van der Waals surface area contributed by atoms with Crippen LogP contribution in [0.4, 0.5) is 5.69 Å². The number of rotatable bonds is 4. The molecule has 5 heteroatoms. The van der Waals surface area contributed by atoms with Gasteiger partial charge in [0.15, 0.2) is 4.80 Å². The van der Waals surface area contributed by atoms with Crippen molar-refractivity contribution in [2.75, 3.05) is 0 Å². The Labute approximate surface area is 138 Å². The van der Waals surface area contributed by atoms with E-state index in [9.17, 15) is 4.79 Å². The van der Waals surface area contributed by atoms with E-state index in [-0.39, 0.29) is 5.56 Å². The van der Waals surface area contributed by atoms with Crippen molar-refractivity contribution in [3.8, 4) is 11.3 Å². The number of carbonyl (C=O) groups is 1. The van der Waals surface area contributed by atoms with Crippen molar-refractivity contribution < 1.29 is 9.90 Å². The minimum absolute atomic E-state index is 0.267. The number of hydrogen-bond acceptors (Lipinski definition) is 3. The van der Waals surface area contributed by atoms with E-state index in [1.807, 2.05) is 18.2 Å². The van der Waals surface area contributed by atoms with Crippen molar-refractivity contribution >= 4 is 23.0 Å². The third-order valence-electron chi connectivity index (χ3n) is 3.52. The largest absolute Gasteiger partial charge is 0.478 e. The average molecular weight is 324 g/mol. The number of aromatic nitrogens is 1. The molecule has 0 amide bonds. The SMILES string of the molecule is CCn1c(-c2ccccc2)csc1=Nc1ccc(C(=O)O)cc1. The summed E-state index contributed by atoms with van der Waals surface area (Å²) in [5, 5.41) is 11.0. The lowest BCUT2D eigenvalue weighted by molar-refractivity contribution is 0.0697. The van der Waals surface area contributed by atoms with Crippen LogP contribution < -0.4 is 4.80 Å². The highest BCUT2D eigenvalue weighted by molar-refractivity contribution is 7.07. The summed E-state index contributed by atoms with van der Waals surface area (Å²) >= 11 is 1.58. The van der Waals surface area contributed by atoms with Crippen molar-refractivity contribution in [1.29, 1.82) is 0 Å². The van der Waals surface area contributed by atoms with Crippen LogP contribution in [0.25, 0.3) is 11.3 Å². The number of aromatic carboxylic acids is 1. The molecule has 0 saturated heterocycles. The van der Waals surface area contributed by atoms with Gasteiger partial charge in [-0.15, -0.1) is 11.3 Å². The third-order valence-corrected chi connectivity index (χ3v) is 4.39. The normalized spacial score (nSPS) is 11.6. The van der Waals surface area contributed by atoms with Crippen LogP contribution in [-0.2, 0) is 6.54 Å². The van der Waals surface area contributed by atoms with Gasteiger partial charge in [-0.2, -0.15) is 0 Å². The summed E-state index contributed by atoms with van der Waals surface area (Å²) in [6, 6.07) is 16.8. The quantitative estimate of drug-likeness (QED) is 0.783. The lowest BCUT2D eigenvalue weighted by atomic mass is 10.2. The first-order valence-electron chi connectivity index (χ1n) is 7.31. The molecule has 1 heterocycles. The molecule has 3 rings (SSSR count). The molecule has 0 aliphatic heterocycles. The summed E-state index contributed by atoms with van der Waals surface area (Å²) in [5.74, 6) is -0.928. The van der Waals surface area contributed by atoms with Crippen LogP contribution in [0.15, 0.2) is 65.0 Å². The molecule has 0 aliphatic rings. The lowest BCUT2D eigenvalue weighted by Crippen LogP contribution is -2.14. The van der Waals surface area contributed by atoms with Crippen molar-refractivity contribution in [3.63, 3.8) is 0 Å². The van der Waals surface area contributed by atoms with Gasteiger partial charge in [0, 0.05) is 11.9 Å². The average Bonchev–Trinajstić information content (AvgIpc) is 2.98. The molecular weight excluding hydrogens is 308 g/mol. The molecule has 2 aromatic carbocycles. The monoisotopic (exact) mass is 324 g/mol. The Morgan fingerprint density at radius 2 is 1.83 bits per heavy atom. The molecule has 23 heavy (non-hydrogen) atoms. The molecule has 1 N–H and O–H groups in total. The third kappa shape index (κ3) is 3.24. The Kier molecular flexibility index (Phi) is 4.39. The molecule has 1 aromatic heterocycles. The Bertz CT molecular complexity index is 877. The second-order valence-corrected chi connectivity index (χ2v) is 5.81.